The molecule has 1 heterocycles. The fourth-order valence-corrected chi connectivity index (χ4v) is 2.28. The highest BCUT2D eigenvalue weighted by Gasteiger charge is 2.22. The molecule has 0 spiro atoms. The van der Waals surface area contributed by atoms with Crippen molar-refractivity contribution in [3.05, 3.63) is 35.6 Å². The van der Waals surface area contributed by atoms with E-state index >= 15 is 0 Å². The smallest absolute Gasteiger partial charge is 0.127 e. The van der Waals surface area contributed by atoms with Crippen LogP contribution in [0.15, 0.2) is 24.3 Å². The second-order valence-electron chi connectivity index (χ2n) is 4.54. The van der Waals surface area contributed by atoms with E-state index in [9.17, 15) is 4.39 Å². The summed E-state index contributed by atoms with van der Waals surface area (Å²) in [6, 6.07) is 6.97. The van der Waals surface area contributed by atoms with Crippen molar-refractivity contribution in [3.8, 4) is 0 Å². The molecule has 0 N–H and O–H groups in total. The summed E-state index contributed by atoms with van der Waals surface area (Å²) >= 11 is 0. The highest BCUT2D eigenvalue weighted by molar-refractivity contribution is 5.17. The van der Waals surface area contributed by atoms with Crippen LogP contribution in [0.4, 0.5) is 4.39 Å². The first kappa shape index (κ1) is 11.6. The van der Waals surface area contributed by atoms with Crippen LogP contribution in [0.2, 0.25) is 0 Å². The van der Waals surface area contributed by atoms with Gasteiger partial charge in [-0.05, 0) is 19.9 Å². The minimum atomic E-state index is -0.116. The monoisotopic (exact) mass is 223 g/mol. The Morgan fingerprint density at radius 3 is 2.50 bits per heavy atom. The van der Waals surface area contributed by atoms with Crippen LogP contribution < -0.4 is 0 Å². The van der Waals surface area contributed by atoms with Gasteiger partial charge in [-0.1, -0.05) is 18.2 Å². The summed E-state index contributed by atoms with van der Waals surface area (Å²) < 4.78 is 19.1. The van der Waals surface area contributed by atoms with E-state index in [1.165, 1.54) is 6.07 Å². The highest BCUT2D eigenvalue weighted by Crippen LogP contribution is 2.15. The molecule has 1 saturated heterocycles. The molecule has 2 nitrogen and oxygen atoms in total. The molecular weight excluding hydrogens is 205 g/mol. The summed E-state index contributed by atoms with van der Waals surface area (Å²) in [5.41, 5.74) is 0.767. The van der Waals surface area contributed by atoms with Crippen molar-refractivity contribution in [3.63, 3.8) is 0 Å². The first-order valence-corrected chi connectivity index (χ1v) is 5.76. The van der Waals surface area contributed by atoms with Crippen molar-refractivity contribution < 1.29 is 9.13 Å². The molecule has 1 aliphatic rings. The third kappa shape index (κ3) is 2.80. The van der Waals surface area contributed by atoms with Gasteiger partial charge in [-0.15, -0.1) is 0 Å². The van der Waals surface area contributed by atoms with E-state index in [1.54, 1.807) is 6.07 Å². The van der Waals surface area contributed by atoms with E-state index < -0.39 is 0 Å². The SMILES string of the molecule is C[C@@H]1CN(Cc2ccccc2F)C[C@@H](C)O1. The van der Waals surface area contributed by atoms with Gasteiger partial charge in [-0.25, -0.2) is 4.39 Å². The lowest BCUT2D eigenvalue weighted by molar-refractivity contribution is -0.0707. The van der Waals surface area contributed by atoms with Crippen molar-refractivity contribution in [1.82, 2.24) is 4.90 Å². The zero-order chi connectivity index (χ0) is 11.5. The molecule has 0 aromatic heterocycles. The third-order valence-corrected chi connectivity index (χ3v) is 2.85. The lowest BCUT2D eigenvalue weighted by Crippen LogP contribution is -2.44. The first-order chi connectivity index (χ1) is 7.65. The van der Waals surface area contributed by atoms with E-state index in [2.05, 4.69) is 18.7 Å². The third-order valence-electron chi connectivity index (χ3n) is 2.85. The summed E-state index contributed by atoms with van der Waals surface area (Å²) in [6.45, 7) is 6.54. The molecule has 0 unspecified atom stereocenters. The molecule has 0 bridgehead atoms. The van der Waals surface area contributed by atoms with Crippen LogP contribution in [0, 0.1) is 5.82 Å². The molecule has 1 aromatic carbocycles. The van der Waals surface area contributed by atoms with Crippen molar-refractivity contribution in [2.24, 2.45) is 0 Å². The van der Waals surface area contributed by atoms with Crippen molar-refractivity contribution in [1.29, 1.82) is 0 Å². The van der Waals surface area contributed by atoms with E-state index in [0.717, 1.165) is 18.7 Å². The van der Waals surface area contributed by atoms with Gasteiger partial charge in [-0.2, -0.15) is 0 Å². The van der Waals surface area contributed by atoms with Gasteiger partial charge in [0.05, 0.1) is 12.2 Å². The van der Waals surface area contributed by atoms with Gasteiger partial charge in [-0.3, -0.25) is 4.90 Å². The molecule has 1 aromatic rings. The first-order valence-electron chi connectivity index (χ1n) is 5.76. The van der Waals surface area contributed by atoms with E-state index in [4.69, 9.17) is 4.74 Å². The number of hydrogen-bond donors (Lipinski definition) is 0. The number of rotatable bonds is 2. The maximum atomic E-state index is 13.5. The molecule has 2 rings (SSSR count). The van der Waals surface area contributed by atoms with Gasteiger partial charge >= 0.3 is 0 Å². The topological polar surface area (TPSA) is 12.5 Å². The second-order valence-corrected chi connectivity index (χ2v) is 4.54. The number of hydrogen-bond acceptors (Lipinski definition) is 2. The Bertz CT molecular complexity index is 346. The Kier molecular flexibility index (Phi) is 3.56. The maximum Gasteiger partial charge on any atom is 0.127 e. The number of halogens is 1. The zero-order valence-electron chi connectivity index (χ0n) is 9.82. The normalized spacial score (nSPS) is 26.9. The standard InChI is InChI=1S/C13H18FNO/c1-10-7-15(8-11(2)16-10)9-12-5-3-4-6-13(12)14/h3-6,10-11H,7-9H2,1-2H3/t10-,11-/m1/s1. The summed E-state index contributed by atoms with van der Waals surface area (Å²) in [6.07, 6.45) is 0.464. The fraction of sp³-hybridized carbons (Fsp3) is 0.538. The predicted molar refractivity (Wildman–Crippen MR) is 61.7 cm³/mol. The second kappa shape index (κ2) is 4.93. The van der Waals surface area contributed by atoms with Crippen LogP contribution in [0.3, 0.4) is 0 Å². The van der Waals surface area contributed by atoms with E-state index in [0.29, 0.717) is 6.54 Å². The number of benzene rings is 1. The summed E-state index contributed by atoms with van der Waals surface area (Å²) in [5.74, 6) is -0.116. The van der Waals surface area contributed by atoms with E-state index in [1.807, 2.05) is 12.1 Å². The molecule has 2 atom stereocenters. The predicted octanol–water partition coefficient (Wildman–Crippen LogP) is 2.43. The van der Waals surface area contributed by atoms with Crippen LogP contribution in [-0.4, -0.2) is 30.2 Å². The Labute approximate surface area is 96.0 Å². The average Bonchev–Trinajstić information content (AvgIpc) is 2.20. The van der Waals surface area contributed by atoms with Gasteiger partial charge in [0.25, 0.3) is 0 Å². The Balaban J connectivity index is 2.02. The molecule has 3 heteroatoms. The molecular formula is C13H18FNO. The molecule has 1 aliphatic heterocycles. The van der Waals surface area contributed by atoms with E-state index in [-0.39, 0.29) is 18.0 Å². The largest absolute Gasteiger partial charge is 0.373 e. The quantitative estimate of drug-likeness (QED) is 0.763. The van der Waals surface area contributed by atoms with Crippen LogP contribution in [0.1, 0.15) is 19.4 Å². The van der Waals surface area contributed by atoms with Crippen LogP contribution >= 0.6 is 0 Å². The van der Waals surface area contributed by atoms with Gasteiger partial charge in [0.2, 0.25) is 0 Å². The zero-order valence-corrected chi connectivity index (χ0v) is 9.82. The fourth-order valence-electron chi connectivity index (χ4n) is 2.28. The molecule has 88 valence electrons. The average molecular weight is 223 g/mol. The molecule has 16 heavy (non-hydrogen) atoms. The van der Waals surface area contributed by atoms with Crippen molar-refractivity contribution in [2.75, 3.05) is 13.1 Å². The Morgan fingerprint density at radius 1 is 1.25 bits per heavy atom. The highest BCUT2D eigenvalue weighted by atomic mass is 19.1. The van der Waals surface area contributed by atoms with Crippen molar-refractivity contribution >= 4 is 0 Å². The Morgan fingerprint density at radius 2 is 1.88 bits per heavy atom. The number of nitrogens with zero attached hydrogens (tertiary/aromatic N) is 1. The van der Waals surface area contributed by atoms with Crippen LogP contribution in [-0.2, 0) is 11.3 Å². The minimum absolute atomic E-state index is 0.116. The van der Waals surface area contributed by atoms with Crippen LogP contribution in [0.5, 0.6) is 0 Å². The summed E-state index contributed by atoms with van der Waals surface area (Å²) in [7, 11) is 0. The molecule has 1 fully saturated rings. The maximum absolute atomic E-state index is 13.5. The number of morpholine rings is 1. The molecule has 0 saturated carbocycles. The Hall–Kier alpha value is -0.930. The number of ether oxygens (including phenoxy) is 1. The lowest BCUT2D eigenvalue weighted by Gasteiger charge is -2.35. The van der Waals surface area contributed by atoms with Crippen LogP contribution in [0.25, 0.3) is 0 Å². The summed E-state index contributed by atoms with van der Waals surface area (Å²) in [5, 5.41) is 0. The minimum Gasteiger partial charge on any atom is -0.373 e. The van der Waals surface area contributed by atoms with Gasteiger partial charge in [0, 0.05) is 25.2 Å². The van der Waals surface area contributed by atoms with Gasteiger partial charge in [0.15, 0.2) is 0 Å². The van der Waals surface area contributed by atoms with Crippen molar-refractivity contribution in [2.45, 2.75) is 32.6 Å². The molecule has 0 aliphatic carbocycles. The molecule has 0 amide bonds. The summed E-state index contributed by atoms with van der Waals surface area (Å²) in [4.78, 5) is 2.25. The van der Waals surface area contributed by atoms with Gasteiger partial charge in [0.1, 0.15) is 5.82 Å². The van der Waals surface area contributed by atoms with Gasteiger partial charge < -0.3 is 4.74 Å². The molecule has 0 radical (unpaired) electrons. The lowest BCUT2D eigenvalue weighted by atomic mass is 10.1.